The van der Waals surface area contributed by atoms with Crippen LogP contribution in [0.3, 0.4) is 0 Å². The molecule has 2 N–H and O–H groups in total. The van der Waals surface area contributed by atoms with Crippen LogP contribution >= 0.6 is 0 Å². The van der Waals surface area contributed by atoms with Crippen molar-refractivity contribution in [3.05, 3.63) is 59.8 Å². The summed E-state index contributed by atoms with van der Waals surface area (Å²) in [4.78, 5) is 0. The zero-order valence-electron chi connectivity index (χ0n) is 12.0. The fourth-order valence-corrected chi connectivity index (χ4v) is 2.74. The molecule has 0 saturated carbocycles. The fourth-order valence-electron chi connectivity index (χ4n) is 2.74. The van der Waals surface area contributed by atoms with E-state index in [0.29, 0.717) is 17.8 Å². The molecule has 102 valence electrons. The molecule has 0 heterocycles. The van der Waals surface area contributed by atoms with Gasteiger partial charge in [0.1, 0.15) is 0 Å². The lowest BCUT2D eigenvalue weighted by Gasteiger charge is -2.22. The Morgan fingerprint density at radius 1 is 1.26 bits per heavy atom. The molecular weight excluding hydrogens is 230 g/mol. The number of rotatable bonds is 4. The van der Waals surface area contributed by atoms with Crippen LogP contribution in [-0.4, -0.2) is 0 Å². The quantitative estimate of drug-likeness (QED) is 0.780. The van der Waals surface area contributed by atoms with Crippen LogP contribution in [-0.2, 0) is 0 Å². The summed E-state index contributed by atoms with van der Waals surface area (Å²) >= 11 is 0. The Bertz CT molecular complexity index is 444. The lowest BCUT2D eigenvalue weighted by molar-refractivity contribution is 0.511. The van der Waals surface area contributed by atoms with Crippen LogP contribution in [0.2, 0.25) is 0 Å². The first-order valence-corrected chi connectivity index (χ1v) is 7.41. The summed E-state index contributed by atoms with van der Waals surface area (Å²) in [6, 6.07) is 10.6. The highest BCUT2D eigenvalue weighted by molar-refractivity contribution is 5.26. The van der Waals surface area contributed by atoms with Crippen molar-refractivity contribution in [2.45, 2.75) is 39.0 Å². The van der Waals surface area contributed by atoms with E-state index < -0.39 is 0 Å². The van der Waals surface area contributed by atoms with Crippen molar-refractivity contribution in [2.24, 2.45) is 17.6 Å². The molecule has 1 aliphatic carbocycles. The van der Waals surface area contributed by atoms with E-state index in [4.69, 9.17) is 5.73 Å². The SMILES string of the molecule is CCC(/C=C(\N)C1C=CC(C)CC1)c1ccccc1. The first-order chi connectivity index (χ1) is 9.20. The molecule has 1 nitrogen and oxygen atoms in total. The van der Waals surface area contributed by atoms with Crippen molar-refractivity contribution in [3.8, 4) is 0 Å². The molecule has 0 fully saturated rings. The zero-order chi connectivity index (χ0) is 13.7. The lowest BCUT2D eigenvalue weighted by atomic mass is 9.85. The standard InChI is InChI=1S/C18H25N/c1-3-15(16-7-5-4-6-8-16)13-18(19)17-11-9-14(2)10-12-17/h4-9,11,13-15,17H,3,10,12,19H2,1-2H3/b18-13-. The van der Waals surface area contributed by atoms with Gasteiger partial charge in [0, 0.05) is 17.5 Å². The molecule has 1 heteroatoms. The molecule has 19 heavy (non-hydrogen) atoms. The average molecular weight is 255 g/mol. The van der Waals surface area contributed by atoms with Crippen LogP contribution in [0.5, 0.6) is 0 Å². The van der Waals surface area contributed by atoms with E-state index in [1.165, 1.54) is 18.4 Å². The Labute approximate surface area is 117 Å². The van der Waals surface area contributed by atoms with Crippen molar-refractivity contribution in [3.63, 3.8) is 0 Å². The van der Waals surface area contributed by atoms with Gasteiger partial charge in [-0.1, -0.05) is 62.4 Å². The predicted octanol–water partition coefficient (Wildman–Crippen LogP) is 4.63. The largest absolute Gasteiger partial charge is 0.402 e. The van der Waals surface area contributed by atoms with Gasteiger partial charge in [-0.3, -0.25) is 0 Å². The van der Waals surface area contributed by atoms with Crippen LogP contribution < -0.4 is 5.73 Å². The summed E-state index contributed by atoms with van der Waals surface area (Å²) < 4.78 is 0. The lowest BCUT2D eigenvalue weighted by Crippen LogP contribution is -2.15. The Balaban J connectivity index is 2.12. The molecule has 1 aliphatic rings. The van der Waals surface area contributed by atoms with Gasteiger partial charge in [0.05, 0.1) is 0 Å². The summed E-state index contributed by atoms with van der Waals surface area (Å²) in [5.41, 5.74) is 8.72. The van der Waals surface area contributed by atoms with Gasteiger partial charge in [-0.2, -0.15) is 0 Å². The third-order valence-electron chi connectivity index (χ3n) is 4.09. The molecule has 0 aliphatic heterocycles. The molecule has 2 rings (SSSR count). The van der Waals surface area contributed by atoms with Gasteiger partial charge in [0.15, 0.2) is 0 Å². The summed E-state index contributed by atoms with van der Waals surface area (Å²) in [5.74, 6) is 1.59. The van der Waals surface area contributed by atoms with E-state index in [2.05, 4.69) is 62.4 Å². The normalized spacial score (nSPS) is 25.3. The number of benzene rings is 1. The zero-order valence-corrected chi connectivity index (χ0v) is 12.0. The minimum absolute atomic E-state index is 0.439. The Hall–Kier alpha value is -1.50. The third kappa shape index (κ3) is 3.73. The van der Waals surface area contributed by atoms with E-state index in [1.807, 2.05) is 0 Å². The maximum Gasteiger partial charge on any atom is 0.0161 e. The van der Waals surface area contributed by atoms with Gasteiger partial charge in [-0.15, -0.1) is 0 Å². The predicted molar refractivity (Wildman–Crippen MR) is 82.8 cm³/mol. The molecule has 1 aromatic carbocycles. The molecular formula is C18H25N. The van der Waals surface area contributed by atoms with E-state index in [0.717, 1.165) is 12.1 Å². The summed E-state index contributed by atoms with van der Waals surface area (Å²) in [5, 5.41) is 0. The third-order valence-corrected chi connectivity index (χ3v) is 4.09. The highest BCUT2D eigenvalue weighted by Crippen LogP contribution is 2.28. The topological polar surface area (TPSA) is 26.0 Å². The monoisotopic (exact) mass is 255 g/mol. The van der Waals surface area contributed by atoms with Gasteiger partial charge in [-0.25, -0.2) is 0 Å². The number of hydrogen-bond donors (Lipinski definition) is 1. The summed E-state index contributed by atoms with van der Waals surface area (Å²) in [6.07, 6.45) is 10.4. The highest BCUT2D eigenvalue weighted by atomic mass is 14.6. The second-order valence-corrected chi connectivity index (χ2v) is 5.64. The van der Waals surface area contributed by atoms with Gasteiger partial charge in [0.25, 0.3) is 0 Å². The average Bonchev–Trinajstić information content (AvgIpc) is 2.46. The minimum Gasteiger partial charge on any atom is -0.402 e. The van der Waals surface area contributed by atoms with Gasteiger partial charge >= 0.3 is 0 Å². The maximum atomic E-state index is 6.32. The number of nitrogens with two attached hydrogens (primary N) is 1. The maximum absolute atomic E-state index is 6.32. The Morgan fingerprint density at radius 2 is 2.00 bits per heavy atom. The number of allylic oxidation sites excluding steroid dienone is 3. The molecule has 0 saturated heterocycles. The molecule has 3 atom stereocenters. The van der Waals surface area contributed by atoms with E-state index >= 15 is 0 Å². The Morgan fingerprint density at radius 3 is 2.58 bits per heavy atom. The van der Waals surface area contributed by atoms with Crippen molar-refractivity contribution in [1.29, 1.82) is 0 Å². The van der Waals surface area contributed by atoms with Gasteiger partial charge in [-0.05, 0) is 30.7 Å². The molecule has 3 unspecified atom stereocenters. The second kappa shape index (κ2) is 6.60. The first kappa shape index (κ1) is 13.9. The van der Waals surface area contributed by atoms with Gasteiger partial charge in [0.2, 0.25) is 0 Å². The molecule has 0 amide bonds. The second-order valence-electron chi connectivity index (χ2n) is 5.64. The Kier molecular flexibility index (Phi) is 4.84. The van der Waals surface area contributed by atoms with Gasteiger partial charge < -0.3 is 5.73 Å². The van der Waals surface area contributed by atoms with Crippen LogP contribution in [0.15, 0.2) is 54.3 Å². The van der Waals surface area contributed by atoms with Crippen LogP contribution in [0, 0.1) is 11.8 Å². The first-order valence-electron chi connectivity index (χ1n) is 7.41. The molecule has 0 aromatic heterocycles. The van der Waals surface area contributed by atoms with Crippen molar-refractivity contribution in [1.82, 2.24) is 0 Å². The van der Waals surface area contributed by atoms with Crippen molar-refractivity contribution < 1.29 is 0 Å². The number of hydrogen-bond acceptors (Lipinski definition) is 1. The minimum atomic E-state index is 0.439. The molecule has 0 spiro atoms. The van der Waals surface area contributed by atoms with Crippen LogP contribution in [0.4, 0.5) is 0 Å². The molecule has 0 radical (unpaired) electrons. The fraction of sp³-hybridized carbons (Fsp3) is 0.444. The smallest absolute Gasteiger partial charge is 0.0161 e. The van der Waals surface area contributed by atoms with Crippen LogP contribution in [0.25, 0.3) is 0 Å². The summed E-state index contributed by atoms with van der Waals surface area (Å²) in [7, 11) is 0. The van der Waals surface area contributed by atoms with E-state index in [9.17, 15) is 0 Å². The van der Waals surface area contributed by atoms with E-state index in [-0.39, 0.29) is 0 Å². The molecule has 1 aromatic rings. The summed E-state index contributed by atoms with van der Waals surface area (Å²) in [6.45, 7) is 4.49. The van der Waals surface area contributed by atoms with E-state index in [1.54, 1.807) is 0 Å². The highest BCUT2D eigenvalue weighted by Gasteiger charge is 2.16. The molecule has 0 bridgehead atoms. The van der Waals surface area contributed by atoms with Crippen molar-refractivity contribution >= 4 is 0 Å². The van der Waals surface area contributed by atoms with Crippen molar-refractivity contribution in [2.75, 3.05) is 0 Å². The van der Waals surface area contributed by atoms with Crippen LogP contribution in [0.1, 0.15) is 44.6 Å².